The summed E-state index contributed by atoms with van der Waals surface area (Å²) in [5.41, 5.74) is 2.09. The van der Waals surface area contributed by atoms with E-state index >= 15 is 0 Å². The van der Waals surface area contributed by atoms with Crippen LogP contribution < -0.4 is 16.0 Å². The van der Waals surface area contributed by atoms with Crippen LogP contribution in [0.5, 0.6) is 0 Å². The van der Waals surface area contributed by atoms with Gasteiger partial charge in [-0.05, 0) is 43.3 Å². The van der Waals surface area contributed by atoms with Gasteiger partial charge in [0.05, 0.1) is 11.4 Å². The zero-order chi connectivity index (χ0) is 17.8. The van der Waals surface area contributed by atoms with Crippen LogP contribution in [0.25, 0.3) is 0 Å². The second kappa shape index (κ2) is 7.40. The fourth-order valence-electron chi connectivity index (χ4n) is 2.43. The Kier molecular flexibility index (Phi) is 5.04. The van der Waals surface area contributed by atoms with Crippen LogP contribution in [0.3, 0.4) is 0 Å². The number of carbonyl (C=O) groups is 3. The number of hydrogen-bond donors (Lipinski definition) is 3. The van der Waals surface area contributed by atoms with Crippen molar-refractivity contribution >= 4 is 40.9 Å². The van der Waals surface area contributed by atoms with Crippen LogP contribution in [-0.4, -0.2) is 30.0 Å². The predicted molar refractivity (Wildman–Crippen MR) is 98.2 cm³/mol. The third kappa shape index (κ3) is 4.00. The number of thioether (sulfide) groups is 1. The molecule has 25 heavy (non-hydrogen) atoms. The Labute approximate surface area is 149 Å². The lowest BCUT2D eigenvalue weighted by Crippen LogP contribution is -2.23. The van der Waals surface area contributed by atoms with Gasteiger partial charge in [-0.1, -0.05) is 6.07 Å². The monoisotopic (exact) mass is 355 g/mol. The molecular formula is C18H17N3O3S. The van der Waals surface area contributed by atoms with Gasteiger partial charge in [0, 0.05) is 28.3 Å². The molecule has 0 spiro atoms. The van der Waals surface area contributed by atoms with Crippen molar-refractivity contribution in [2.75, 3.05) is 22.9 Å². The van der Waals surface area contributed by atoms with Gasteiger partial charge in [-0.15, -0.1) is 11.8 Å². The zero-order valence-corrected chi connectivity index (χ0v) is 14.4. The molecule has 0 saturated carbocycles. The molecule has 1 aliphatic rings. The highest BCUT2D eigenvalue weighted by molar-refractivity contribution is 8.00. The lowest BCUT2D eigenvalue weighted by molar-refractivity contribution is -0.113. The molecule has 0 bridgehead atoms. The van der Waals surface area contributed by atoms with Crippen LogP contribution in [0.15, 0.2) is 47.4 Å². The molecular weight excluding hydrogens is 338 g/mol. The van der Waals surface area contributed by atoms with Crippen LogP contribution in [0.4, 0.5) is 11.4 Å². The second-order valence-electron chi connectivity index (χ2n) is 5.44. The normalized spacial score (nSPS) is 12.8. The molecule has 0 atom stereocenters. The van der Waals surface area contributed by atoms with Crippen LogP contribution in [-0.2, 0) is 4.79 Å². The molecule has 2 aromatic carbocycles. The number of benzene rings is 2. The van der Waals surface area contributed by atoms with Gasteiger partial charge in [-0.3, -0.25) is 14.4 Å². The summed E-state index contributed by atoms with van der Waals surface area (Å²) in [5, 5.41) is 8.26. The minimum Gasteiger partial charge on any atom is -0.352 e. The van der Waals surface area contributed by atoms with Crippen molar-refractivity contribution in [2.24, 2.45) is 0 Å². The number of rotatable bonds is 4. The molecule has 0 radical (unpaired) electrons. The highest BCUT2D eigenvalue weighted by atomic mass is 32.2. The summed E-state index contributed by atoms with van der Waals surface area (Å²) in [7, 11) is 0. The number of nitrogens with one attached hydrogen (secondary N) is 3. The Hall–Kier alpha value is -2.80. The van der Waals surface area contributed by atoms with Crippen molar-refractivity contribution in [2.45, 2.75) is 11.8 Å². The molecule has 2 aromatic rings. The van der Waals surface area contributed by atoms with E-state index in [1.54, 1.807) is 36.4 Å². The summed E-state index contributed by atoms with van der Waals surface area (Å²) in [6, 6.07) is 11.9. The summed E-state index contributed by atoms with van der Waals surface area (Å²) in [5.74, 6) is -0.192. The zero-order valence-electron chi connectivity index (χ0n) is 13.6. The van der Waals surface area contributed by atoms with Crippen molar-refractivity contribution in [3.8, 4) is 0 Å². The summed E-state index contributed by atoms with van der Waals surface area (Å²) >= 11 is 1.44. The van der Waals surface area contributed by atoms with Crippen molar-refractivity contribution in [1.82, 2.24) is 5.32 Å². The molecule has 3 amide bonds. The first kappa shape index (κ1) is 17.0. The molecule has 0 aliphatic carbocycles. The lowest BCUT2D eigenvalue weighted by Gasteiger charge is -2.17. The molecule has 6 nitrogen and oxygen atoms in total. The molecule has 0 unspecified atom stereocenters. The lowest BCUT2D eigenvalue weighted by atomic mass is 10.1. The molecule has 0 saturated heterocycles. The quantitative estimate of drug-likeness (QED) is 0.787. The number of carbonyl (C=O) groups excluding carboxylic acids is 3. The number of anilines is 2. The van der Waals surface area contributed by atoms with Crippen LogP contribution in [0.2, 0.25) is 0 Å². The average molecular weight is 355 g/mol. The Bertz CT molecular complexity index is 851. The van der Waals surface area contributed by atoms with Crippen molar-refractivity contribution in [3.05, 3.63) is 53.6 Å². The minimum absolute atomic E-state index is 0.0790. The van der Waals surface area contributed by atoms with Crippen LogP contribution in [0.1, 0.15) is 27.6 Å². The SMILES string of the molecule is CCNC(=O)c1cccc(NC(=O)c2ccc3c(c2)NC(=O)CS3)c1. The standard InChI is InChI=1S/C18H17N3O3S/c1-2-19-17(23)11-4-3-5-13(8-11)20-18(24)12-6-7-15-14(9-12)21-16(22)10-25-15/h3-9H,2,10H2,1H3,(H,19,23)(H,20,24)(H,21,22). The van der Waals surface area contributed by atoms with Crippen LogP contribution in [0, 0.1) is 0 Å². The highest BCUT2D eigenvalue weighted by Crippen LogP contribution is 2.32. The summed E-state index contributed by atoms with van der Waals surface area (Å²) in [4.78, 5) is 36.8. The van der Waals surface area contributed by atoms with E-state index in [9.17, 15) is 14.4 Å². The van der Waals surface area contributed by atoms with Gasteiger partial charge in [0.15, 0.2) is 0 Å². The highest BCUT2D eigenvalue weighted by Gasteiger charge is 2.17. The van der Waals surface area contributed by atoms with Gasteiger partial charge in [0.1, 0.15) is 0 Å². The molecule has 3 rings (SSSR count). The minimum atomic E-state index is -0.305. The van der Waals surface area contributed by atoms with E-state index in [4.69, 9.17) is 0 Å². The van der Waals surface area contributed by atoms with Gasteiger partial charge < -0.3 is 16.0 Å². The maximum absolute atomic E-state index is 12.5. The number of hydrogen-bond acceptors (Lipinski definition) is 4. The average Bonchev–Trinajstić information content (AvgIpc) is 2.61. The second-order valence-corrected chi connectivity index (χ2v) is 6.46. The topological polar surface area (TPSA) is 87.3 Å². The third-order valence-corrected chi connectivity index (χ3v) is 4.67. The molecule has 7 heteroatoms. The van der Waals surface area contributed by atoms with E-state index in [-0.39, 0.29) is 17.7 Å². The predicted octanol–water partition coefficient (Wildman–Crippen LogP) is 2.73. The van der Waals surface area contributed by atoms with Crippen molar-refractivity contribution in [3.63, 3.8) is 0 Å². The Morgan fingerprint density at radius 3 is 2.72 bits per heavy atom. The van der Waals surface area contributed by atoms with Gasteiger partial charge >= 0.3 is 0 Å². The Morgan fingerprint density at radius 2 is 1.92 bits per heavy atom. The number of fused-ring (bicyclic) bond motifs is 1. The first-order chi connectivity index (χ1) is 12.1. The maximum Gasteiger partial charge on any atom is 0.255 e. The molecule has 1 aliphatic heterocycles. The Morgan fingerprint density at radius 1 is 1.12 bits per heavy atom. The van der Waals surface area contributed by atoms with E-state index in [0.29, 0.717) is 34.8 Å². The van der Waals surface area contributed by atoms with E-state index in [0.717, 1.165) is 4.90 Å². The van der Waals surface area contributed by atoms with Crippen molar-refractivity contribution < 1.29 is 14.4 Å². The molecule has 1 heterocycles. The largest absolute Gasteiger partial charge is 0.352 e. The summed E-state index contributed by atoms with van der Waals surface area (Å²) in [6.07, 6.45) is 0. The van der Waals surface area contributed by atoms with Gasteiger partial charge in [0.25, 0.3) is 11.8 Å². The maximum atomic E-state index is 12.5. The molecule has 128 valence electrons. The van der Waals surface area contributed by atoms with Gasteiger partial charge in [-0.25, -0.2) is 0 Å². The van der Waals surface area contributed by atoms with E-state index < -0.39 is 0 Å². The van der Waals surface area contributed by atoms with E-state index in [1.165, 1.54) is 11.8 Å². The van der Waals surface area contributed by atoms with Crippen molar-refractivity contribution in [1.29, 1.82) is 0 Å². The first-order valence-corrected chi connectivity index (χ1v) is 8.81. The molecule has 0 fully saturated rings. The van der Waals surface area contributed by atoms with E-state index in [1.807, 2.05) is 13.0 Å². The van der Waals surface area contributed by atoms with Gasteiger partial charge in [-0.2, -0.15) is 0 Å². The molecule has 0 aromatic heterocycles. The summed E-state index contributed by atoms with van der Waals surface area (Å²) < 4.78 is 0. The summed E-state index contributed by atoms with van der Waals surface area (Å²) in [6.45, 7) is 2.38. The smallest absolute Gasteiger partial charge is 0.255 e. The molecule has 3 N–H and O–H groups in total. The fourth-order valence-corrected chi connectivity index (χ4v) is 3.22. The number of amides is 3. The third-order valence-electron chi connectivity index (χ3n) is 3.59. The van der Waals surface area contributed by atoms with Gasteiger partial charge in [0.2, 0.25) is 5.91 Å². The van der Waals surface area contributed by atoms with Crippen LogP contribution >= 0.6 is 11.8 Å². The Balaban J connectivity index is 1.76. The fraction of sp³-hybridized carbons (Fsp3) is 0.167. The first-order valence-electron chi connectivity index (χ1n) is 7.83. The van der Waals surface area contributed by atoms with E-state index in [2.05, 4.69) is 16.0 Å².